The number of aromatic nitrogens is 2. The third kappa shape index (κ3) is 4.16. The minimum atomic E-state index is 0.166. The molecule has 24 heavy (non-hydrogen) atoms. The Kier molecular flexibility index (Phi) is 5.56. The maximum Gasteiger partial charge on any atom is 0.222 e. The van der Waals surface area contributed by atoms with Gasteiger partial charge in [-0.15, -0.1) is 0 Å². The fourth-order valence-electron chi connectivity index (χ4n) is 4.11. The Labute approximate surface area is 144 Å². The van der Waals surface area contributed by atoms with Gasteiger partial charge < -0.3 is 14.9 Å². The molecule has 0 aromatic carbocycles. The van der Waals surface area contributed by atoms with Crippen LogP contribution in [-0.2, 0) is 18.3 Å². The fraction of sp³-hybridized carbons (Fsp3) is 0.778. The van der Waals surface area contributed by atoms with E-state index in [0.29, 0.717) is 24.8 Å². The van der Waals surface area contributed by atoms with Crippen LogP contribution in [0.15, 0.2) is 12.4 Å². The molecule has 3 rings (SSSR count). The molecular formula is C18H30N4O2. The molecule has 3 heterocycles. The molecule has 0 aliphatic carbocycles. The van der Waals surface area contributed by atoms with E-state index in [4.69, 9.17) is 5.11 Å². The van der Waals surface area contributed by atoms with E-state index < -0.39 is 0 Å². The molecule has 2 aliphatic heterocycles. The Bertz CT molecular complexity index is 549. The molecule has 6 nitrogen and oxygen atoms in total. The summed E-state index contributed by atoms with van der Waals surface area (Å²) in [7, 11) is 1.96. The fourth-order valence-corrected chi connectivity index (χ4v) is 4.11. The first-order valence-corrected chi connectivity index (χ1v) is 9.19. The maximum absolute atomic E-state index is 12.1. The predicted octanol–water partition coefficient (Wildman–Crippen LogP) is 1.05. The highest BCUT2D eigenvalue weighted by Gasteiger charge is 2.40. The quantitative estimate of drug-likeness (QED) is 0.845. The van der Waals surface area contributed by atoms with E-state index in [1.165, 1.54) is 18.4 Å². The lowest BCUT2D eigenvalue weighted by Crippen LogP contribution is -2.51. The van der Waals surface area contributed by atoms with Gasteiger partial charge in [0, 0.05) is 45.9 Å². The van der Waals surface area contributed by atoms with E-state index in [-0.39, 0.29) is 12.5 Å². The van der Waals surface area contributed by atoms with Crippen LogP contribution in [0.2, 0.25) is 0 Å². The highest BCUT2D eigenvalue weighted by Crippen LogP contribution is 2.40. The summed E-state index contributed by atoms with van der Waals surface area (Å²) in [5.41, 5.74) is 1.62. The molecule has 134 valence electrons. The Balaban J connectivity index is 1.47. The van der Waals surface area contributed by atoms with Crippen molar-refractivity contribution in [1.82, 2.24) is 19.6 Å². The van der Waals surface area contributed by atoms with Gasteiger partial charge in [-0.25, -0.2) is 0 Å². The van der Waals surface area contributed by atoms with Crippen molar-refractivity contribution in [2.24, 2.45) is 12.5 Å². The summed E-state index contributed by atoms with van der Waals surface area (Å²) >= 11 is 0. The summed E-state index contributed by atoms with van der Waals surface area (Å²) in [4.78, 5) is 16.6. The molecule has 1 aromatic heterocycles. The molecule has 2 saturated heterocycles. The Morgan fingerprint density at radius 3 is 2.71 bits per heavy atom. The van der Waals surface area contributed by atoms with Gasteiger partial charge in [0.2, 0.25) is 5.91 Å². The van der Waals surface area contributed by atoms with Crippen LogP contribution in [0.25, 0.3) is 0 Å². The zero-order valence-corrected chi connectivity index (χ0v) is 14.8. The van der Waals surface area contributed by atoms with E-state index in [1.54, 1.807) is 0 Å². The van der Waals surface area contributed by atoms with Crippen LogP contribution in [0.1, 0.15) is 37.7 Å². The number of hydrogen-bond acceptors (Lipinski definition) is 4. The highest BCUT2D eigenvalue weighted by molar-refractivity contribution is 5.77. The molecule has 1 amide bonds. The minimum Gasteiger partial charge on any atom is -0.396 e. The second-order valence-corrected chi connectivity index (χ2v) is 7.51. The van der Waals surface area contributed by atoms with Crippen molar-refractivity contribution in [2.75, 3.05) is 39.3 Å². The van der Waals surface area contributed by atoms with Crippen LogP contribution in [0.5, 0.6) is 0 Å². The average molecular weight is 334 g/mol. The monoisotopic (exact) mass is 334 g/mol. The molecule has 0 radical (unpaired) electrons. The van der Waals surface area contributed by atoms with Crippen LogP contribution in [0.4, 0.5) is 0 Å². The normalized spacial score (nSPS) is 21.6. The molecule has 1 aromatic rings. The van der Waals surface area contributed by atoms with Crippen molar-refractivity contribution in [3.63, 3.8) is 0 Å². The summed E-state index contributed by atoms with van der Waals surface area (Å²) in [5, 5.41) is 13.3. The Hall–Kier alpha value is -1.40. The molecule has 2 aliphatic rings. The van der Waals surface area contributed by atoms with Gasteiger partial charge in [-0.05, 0) is 56.2 Å². The first kappa shape index (κ1) is 17.4. The van der Waals surface area contributed by atoms with Crippen molar-refractivity contribution in [3.8, 4) is 0 Å². The number of rotatable bonds is 6. The molecule has 0 atom stereocenters. The largest absolute Gasteiger partial charge is 0.396 e. The summed E-state index contributed by atoms with van der Waals surface area (Å²) in [6.07, 6.45) is 9.89. The van der Waals surface area contributed by atoms with Crippen LogP contribution >= 0.6 is 0 Å². The van der Waals surface area contributed by atoms with Gasteiger partial charge in [0.1, 0.15) is 0 Å². The summed E-state index contributed by atoms with van der Waals surface area (Å²) in [5.74, 6) is 0.271. The number of carbonyl (C=O) groups excluding carboxylic acids is 1. The molecule has 0 unspecified atom stereocenters. The lowest BCUT2D eigenvalue weighted by Gasteiger charge is -2.47. The number of aryl methyl sites for hydroxylation is 1. The molecule has 6 heteroatoms. The van der Waals surface area contributed by atoms with Crippen LogP contribution in [-0.4, -0.2) is 69.9 Å². The van der Waals surface area contributed by atoms with E-state index in [1.807, 2.05) is 22.8 Å². The molecule has 0 bridgehead atoms. The Morgan fingerprint density at radius 1 is 1.25 bits per heavy atom. The van der Waals surface area contributed by atoms with Gasteiger partial charge in [0.25, 0.3) is 0 Å². The van der Waals surface area contributed by atoms with Gasteiger partial charge in [-0.1, -0.05) is 0 Å². The summed E-state index contributed by atoms with van der Waals surface area (Å²) < 4.78 is 1.86. The number of aliphatic hydroxyl groups is 1. The molecule has 0 saturated carbocycles. The van der Waals surface area contributed by atoms with Crippen LogP contribution in [0.3, 0.4) is 0 Å². The first-order chi connectivity index (χ1) is 11.6. The van der Waals surface area contributed by atoms with E-state index in [2.05, 4.69) is 16.2 Å². The second-order valence-electron chi connectivity index (χ2n) is 7.51. The lowest BCUT2D eigenvalue weighted by molar-refractivity contribution is -0.139. The van der Waals surface area contributed by atoms with Gasteiger partial charge in [-0.2, -0.15) is 5.10 Å². The van der Waals surface area contributed by atoms with Crippen molar-refractivity contribution in [3.05, 3.63) is 18.0 Å². The molecule has 1 spiro atoms. The van der Waals surface area contributed by atoms with Crippen molar-refractivity contribution < 1.29 is 9.90 Å². The first-order valence-electron chi connectivity index (χ1n) is 9.19. The molecule has 2 fully saturated rings. The molecular weight excluding hydrogens is 304 g/mol. The Morgan fingerprint density at radius 2 is 2.04 bits per heavy atom. The van der Waals surface area contributed by atoms with Gasteiger partial charge in [0.05, 0.1) is 6.20 Å². The number of carbonyl (C=O) groups is 1. The number of amides is 1. The maximum atomic E-state index is 12.1. The van der Waals surface area contributed by atoms with Gasteiger partial charge in [-0.3, -0.25) is 9.48 Å². The van der Waals surface area contributed by atoms with E-state index in [0.717, 1.165) is 39.0 Å². The predicted molar refractivity (Wildman–Crippen MR) is 92.5 cm³/mol. The van der Waals surface area contributed by atoms with Crippen molar-refractivity contribution in [2.45, 2.75) is 38.5 Å². The SMILES string of the molecule is Cn1cc(CCN2CCC3(CCC(=O)N(CCCO)C3)CC2)cn1. The number of piperidine rings is 2. The van der Waals surface area contributed by atoms with Gasteiger partial charge >= 0.3 is 0 Å². The smallest absolute Gasteiger partial charge is 0.222 e. The van der Waals surface area contributed by atoms with E-state index in [9.17, 15) is 4.79 Å². The topological polar surface area (TPSA) is 61.6 Å². The number of hydrogen-bond donors (Lipinski definition) is 1. The second kappa shape index (κ2) is 7.66. The van der Waals surface area contributed by atoms with E-state index >= 15 is 0 Å². The standard InChI is InChI=1S/C18H30N4O2/c1-20-14-16(13-19-20)4-9-21-10-6-18(7-11-21)5-3-17(24)22(15-18)8-2-12-23/h13-14,23H,2-12,15H2,1H3. The van der Waals surface area contributed by atoms with Crippen molar-refractivity contribution >= 4 is 5.91 Å². The number of aliphatic hydroxyl groups excluding tert-OH is 1. The van der Waals surface area contributed by atoms with Crippen molar-refractivity contribution in [1.29, 1.82) is 0 Å². The molecule has 1 N–H and O–H groups in total. The third-order valence-electron chi connectivity index (χ3n) is 5.73. The number of nitrogens with zero attached hydrogens (tertiary/aromatic N) is 4. The zero-order valence-electron chi connectivity index (χ0n) is 14.8. The van der Waals surface area contributed by atoms with Crippen LogP contribution < -0.4 is 0 Å². The van der Waals surface area contributed by atoms with Crippen LogP contribution in [0, 0.1) is 5.41 Å². The third-order valence-corrected chi connectivity index (χ3v) is 5.73. The summed E-state index contributed by atoms with van der Waals surface area (Å²) in [6.45, 7) is 5.11. The lowest BCUT2D eigenvalue weighted by atomic mass is 9.72. The van der Waals surface area contributed by atoms with Gasteiger partial charge in [0.15, 0.2) is 0 Å². The number of likely N-dealkylation sites (tertiary alicyclic amines) is 2. The minimum absolute atomic E-state index is 0.166. The summed E-state index contributed by atoms with van der Waals surface area (Å²) in [6, 6.07) is 0. The highest BCUT2D eigenvalue weighted by atomic mass is 16.3. The zero-order chi connectivity index (χ0) is 17.0. The average Bonchev–Trinajstić information content (AvgIpc) is 3.01.